The maximum Gasteiger partial charge on any atom is 0.176 e. The number of carbonyl (C=O) groups is 1. The van der Waals surface area contributed by atoms with Gasteiger partial charge in [0.25, 0.3) is 0 Å². The van der Waals surface area contributed by atoms with Crippen LogP contribution in [0.15, 0.2) is 24.5 Å². The molecule has 0 aromatic rings. The summed E-state index contributed by atoms with van der Waals surface area (Å²) < 4.78 is 27.1. The third kappa shape index (κ3) is 2.09. The summed E-state index contributed by atoms with van der Waals surface area (Å²) in [5.74, 6) is -0.349. The van der Waals surface area contributed by atoms with E-state index in [4.69, 9.17) is 18.9 Å². The molecule has 196 valence electrons. The van der Waals surface area contributed by atoms with Crippen molar-refractivity contribution in [1.82, 2.24) is 0 Å². The summed E-state index contributed by atoms with van der Waals surface area (Å²) >= 11 is 0. The molecule has 4 unspecified atom stereocenters. The Bertz CT molecular complexity index is 1140. The minimum absolute atomic E-state index is 0.0205. The van der Waals surface area contributed by atoms with Gasteiger partial charge in [0.2, 0.25) is 0 Å². The first kappa shape index (κ1) is 22.7. The molecule has 4 bridgehead atoms. The van der Waals surface area contributed by atoms with Crippen LogP contribution in [0, 0.1) is 28.6 Å². The Morgan fingerprint density at radius 2 is 1.75 bits per heavy atom. The summed E-state index contributed by atoms with van der Waals surface area (Å²) in [5.41, 5.74) is -4.54. The number of carbonyl (C=O) groups excluding carboxylic acids is 1. The molecule has 2 N–H and O–H groups in total. The van der Waals surface area contributed by atoms with E-state index in [9.17, 15) is 15.0 Å². The van der Waals surface area contributed by atoms with Gasteiger partial charge in [0.1, 0.15) is 23.4 Å². The molecular formula is C29H38O7. The molecule has 2 spiro atoms. The average Bonchev–Trinajstić information content (AvgIpc) is 3.45. The van der Waals surface area contributed by atoms with Crippen LogP contribution < -0.4 is 0 Å². The first-order chi connectivity index (χ1) is 16.8. The van der Waals surface area contributed by atoms with Crippen LogP contribution in [0.3, 0.4) is 0 Å². The number of ketones is 1. The van der Waals surface area contributed by atoms with Crippen molar-refractivity contribution < 1.29 is 34.0 Å². The number of hydrogen-bond acceptors (Lipinski definition) is 7. The van der Waals surface area contributed by atoms with Gasteiger partial charge < -0.3 is 29.2 Å². The van der Waals surface area contributed by atoms with Crippen molar-refractivity contribution in [3.63, 3.8) is 0 Å². The van der Waals surface area contributed by atoms with Gasteiger partial charge in [-0.05, 0) is 71.8 Å². The summed E-state index contributed by atoms with van der Waals surface area (Å²) in [6.45, 7) is 12.1. The zero-order valence-corrected chi connectivity index (χ0v) is 21.7. The number of ether oxygens (including phenoxy) is 4. The molecule has 4 aliphatic carbocycles. The number of epoxide rings is 1. The molecular weight excluding hydrogens is 460 g/mol. The molecule has 5 heterocycles. The van der Waals surface area contributed by atoms with Crippen molar-refractivity contribution in [3.05, 3.63) is 24.5 Å². The monoisotopic (exact) mass is 498 g/mol. The maximum absolute atomic E-state index is 13.5. The highest BCUT2D eigenvalue weighted by Gasteiger charge is 2.86. The van der Waals surface area contributed by atoms with Gasteiger partial charge in [0.15, 0.2) is 11.6 Å². The van der Waals surface area contributed by atoms with Gasteiger partial charge >= 0.3 is 0 Å². The van der Waals surface area contributed by atoms with Crippen LogP contribution in [0.25, 0.3) is 0 Å². The molecule has 8 fully saturated rings. The maximum atomic E-state index is 13.5. The van der Waals surface area contributed by atoms with Gasteiger partial charge in [-0.15, -0.1) is 0 Å². The number of allylic oxidation sites excluding steroid dienone is 1. The Morgan fingerprint density at radius 3 is 2.50 bits per heavy atom. The largest absolute Gasteiger partial charge is 0.494 e. The van der Waals surface area contributed by atoms with Gasteiger partial charge in [0.05, 0.1) is 39.8 Å². The Kier molecular flexibility index (Phi) is 3.78. The summed E-state index contributed by atoms with van der Waals surface area (Å²) in [4.78, 5) is 13.5. The zero-order chi connectivity index (χ0) is 25.3. The normalized spacial score (nSPS) is 65.9. The zero-order valence-electron chi connectivity index (χ0n) is 21.7. The lowest BCUT2D eigenvalue weighted by atomic mass is 9.44. The van der Waals surface area contributed by atoms with Crippen molar-refractivity contribution in [3.8, 4) is 0 Å². The SMILES string of the molecule is C=C1OC2C[C@@](C)(O)C1(C)C[C@H]2[C@@]12CC[C@@]3(O1)C1C(O2)[C@H]2O[C@]24CC=CC(=O)[C@]4(C)[C@H]1CC[C@]3(C)O. The Balaban J connectivity index is 1.26. The van der Waals surface area contributed by atoms with Crippen LogP contribution in [0.5, 0.6) is 0 Å². The first-order valence-electron chi connectivity index (χ1n) is 13.8. The molecule has 3 saturated carbocycles. The lowest BCUT2D eigenvalue weighted by molar-refractivity contribution is -0.419. The molecule has 7 nitrogen and oxygen atoms in total. The summed E-state index contributed by atoms with van der Waals surface area (Å²) in [6, 6.07) is 0. The molecule has 0 aromatic carbocycles. The third-order valence-corrected chi connectivity index (χ3v) is 12.9. The second-order valence-electron chi connectivity index (χ2n) is 14.1. The fourth-order valence-corrected chi connectivity index (χ4v) is 10.4. The molecule has 0 amide bonds. The number of fused-ring (bicyclic) bond motifs is 7. The minimum atomic E-state index is -1.04. The van der Waals surface area contributed by atoms with Crippen LogP contribution >= 0.6 is 0 Å². The minimum Gasteiger partial charge on any atom is -0.494 e. The van der Waals surface area contributed by atoms with Crippen LogP contribution in [-0.4, -0.2) is 62.5 Å². The van der Waals surface area contributed by atoms with Gasteiger partial charge in [-0.2, -0.15) is 0 Å². The fourth-order valence-electron chi connectivity index (χ4n) is 10.4. The van der Waals surface area contributed by atoms with E-state index in [0.29, 0.717) is 37.9 Å². The molecule has 9 aliphatic rings. The van der Waals surface area contributed by atoms with Gasteiger partial charge in [-0.1, -0.05) is 12.7 Å². The van der Waals surface area contributed by atoms with Crippen molar-refractivity contribution in [2.45, 2.75) is 119 Å². The van der Waals surface area contributed by atoms with E-state index in [1.807, 2.05) is 26.8 Å². The van der Waals surface area contributed by atoms with Gasteiger partial charge in [-0.3, -0.25) is 4.79 Å². The van der Waals surface area contributed by atoms with Crippen molar-refractivity contribution >= 4 is 5.78 Å². The molecule has 36 heavy (non-hydrogen) atoms. The molecule has 9 rings (SSSR count). The van der Waals surface area contributed by atoms with Gasteiger partial charge in [0, 0.05) is 18.8 Å². The smallest absolute Gasteiger partial charge is 0.176 e. The standard InChI is InChI=1S/C29H38O7/c1-15-23(2)13-17(18(33-15)14-25(23,4)32)29-12-11-27(36-29)20-16(8-10-24(27,3)31)26(5)19(30)7-6-9-28(26)22(35-28)21(20)34-29/h6-7,16-18,20-22,31-32H,1,8-14H2,2-5H3/t16-,17+,18?,20?,21?,22+,23?,24-,25+,26-,27+,28+,29+/m0/s1. The summed E-state index contributed by atoms with van der Waals surface area (Å²) in [5, 5.41) is 23.3. The average molecular weight is 499 g/mol. The summed E-state index contributed by atoms with van der Waals surface area (Å²) in [7, 11) is 0. The van der Waals surface area contributed by atoms with E-state index in [2.05, 4.69) is 13.5 Å². The molecule has 13 atom stereocenters. The Labute approximate surface area is 212 Å². The van der Waals surface area contributed by atoms with Crippen molar-refractivity contribution in [2.75, 3.05) is 0 Å². The van der Waals surface area contributed by atoms with E-state index < -0.39 is 39.0 Å². The van der Waals surface area contributed by atoms with E-state index >= 15 is 0 Å². The van der Waals surface area contributed by atoms with Crippen molar-refractivity contribution in [1.29, 1.82) is 0 Å². The summed E-state index contributed by atoms with van der Waals surface area (Å²) in [6.07, 6.45) is 7.51. The van der Waals surface area contributed by atoms with E-state index in [1.165, 1.54) is 0 Å². The van der Waals surface area contributed by atoms with Crippen LogP contribution in [0.2, 0.25) is 0 Å². The number of hydrogen-bond donors (Lipinski definition) is 2. The number of rotatable bonds is 1. The molecule has 0 aromatic heterocycles. The highest BCUT2D eigenvalue weighted by molar-refractivity contribution is 5.98. The lowest BCUT2D eigenvalue weighted by Gasteiger charge is -2.67. The lowest BCUT2D eigenvalue weighted by Crippen LogP contribution is -2.77. The Hall–Kier alpha value is -1.25. The third-order valence-electron chi connectivity index (χ3n) is 12.9. The quantitative estimate of drug-likeness (QED) is 0.536. The first-order valence-corrected chi connectivity index (χ1v) is 13.8. The van der Waals surface area contributed by atoms with Crippen molar-refractivity contribution in [2.24, 2.45) is 28.6 Å². The molecule has 7 heteroatoms. The predicted octanol–water partition coefficient (Wildman–Crippen LogP) is 3.17. The van der Waals surface area contributed by atoms with E-state index in [0.717, 1.165) is 12.8 Å². The highest BCUT2D eigenvalue weighted by atomic mass is 16.8. The van der Waals surface area contributed by atoms with Crippen LogP contribution in [0.1, 0.15) is 72.6 Å². The van der Waals surface area contributed by atoms with E-state index in [1.54, 1.807) is 6.08 Å². The van der Waals surface area contributed by atoms with Crippen LogP contribution in [-0.2, 0) is 23.7 Å². The second-order valence-corrected chi connectivity index (χ2v) is 14.1. The number of aliphatic hydroxyl groups is 2. The molecule has 5 saturated heterocycles. The Morgan fingerprint density at radius 1 is 0.972 bits per heavy atom. The highest BCUT2D eigenvalue weighted by Crippen LogP contribution is 2.76. The molecule has 0 radical (unpaired) electrons. The van der Waals surface area contributed by atoms with E-state index in [-0.39, 0.29) is 41.8 Å². The topological polar surface area (TPSA) is 97.8 Å². The predicted molar refractivity (Wildman–Crippen MR) is 127 cm³/mol. The van der Waals surface area contributed by atoms with Crippen LogP contribution in [0.4, 0.5) is 0 Å². The second kappa shape index (κ2) is 5.99. The molecule has 5 aliphatic heterocycles. The van der Waals surface area contributed by atoms with Gasteiger partial charge in [-0.25, -0.2) is 0 Å². The fraction of sp³-hybridized carbons (Fsp3) is 0.828.